The maximum absolute atomic E-state index is 5.99. The van der Waals surface area contributed by atoms with Gasteiger partial charge in [-0.1, -0.05) is 0 Å². The van der Waals surface area contributed by atoms with Crippen molar-refractivity contribution in [2.75, 3.05) is 19.6 Å². The molecule has 0 aromatic rings. The number of allylic oxidation sites excluding steroid dienone is 1. The molecule has 0 saturated carbocycles. The molecule has 2 fully saturated rings. The standard InChI is InChI=1S/C15H28BN3O2/c1-14(2)15(3,4)21-16(20-14)13(9-17)11-19-10-12-5-7-18-8-6-12/h9,11-12,18H,5-8,10,17H2,1-4H3. The average Bonchev–Trinajstić information content (AvgIpc) is 2.64. The van der Waals surface area contributed by atoms with Crippen molar-refractivity contribution in [3.05, 3.63) is 11.7 Å². The van der Waals surface area contributed by atoms with Gasteiger partial charge >= 0.3 is 7.12 Å². The van der Waals surface area contributed by atoms with Crippen LogP contribution in [0.5, 0.6) is 0 Å². The van der Waals surface area contributed by atoms with Crippen LogP contribution in [0, 0.1) is 5.92 Å². The fourth-order valence-corrected chi connectivity index (χ4v) is 2.53. The van der Waals surface area contributed by atoms with E-state index < -0.39 is 7.12 Å². The first-order valence-electron chi connectivity index (χ1n) is 7.84. The highest BCUT2D eigenvalue weighted by Crippen LogP contribution is 2.38. The molecular formula is C15H28BN3O2. The molecule has 2 saturated heterocycles. The molecule has 0 radical (unpaired) electrons. The number of hydrogen-bond acceptors (Lipinski definition) is 5. The van der Waals surface area contributed by atoms with Crippen LogP contribution in [-0.2, 0) is 9.31 Å². The molecule has 0 unspecified atom stereocenters. The number of hydrogen-bond donors (Lipinski definition) is 2. The Morgan fingerprint density at radius 1 is 1.24 bits per heavy atom. The van der Waals surface area contributed by atoms with Crippen molar-refractivity contribution in [1.82, 2.24) is 5.32 Å². The van der Waals surface area contributed by atoms with E-state index in [-0.39, 0.29) is 11.2 Å². The van der Waals surface area contributed by atoms with E-state index in [1.165, 1.54) is 19.0 Å². The number of rotatable bonds is 4. The van der Waals surface area contributed by atoms with Crippen LogP contribution in [0.25, 0.3) is 0 Å². The quantitative estimate of drug-likeness (QED) is 0.609. The lowest BCUT2D eigenvalue weighted by Gasteiger charge is -2.32. The largest absolute Gasteiger partial charge is 0.497 e. The van der Waals surface area contributed by atoms with Gasteiger partial charge in [-0.3, -0.25) is 4.99 Å². The van der Waals surface area contributed by atoms with Crippen molar-refractivity contribution in [3.63, 3.8) is 0 Å². The zero-order valence-electron chi connectivity index (χ0n) is 13.7. The molecule has 2 rings (SSSR count). The van der Waals surface area contributed by atoms with Crippen LogP contribution in [0.15, 0.2) is 16.7 Å². The van der Waals surface area contributed by atoms with Crippen LogP contribution in [0.1, 0.15) is 40.5 Å². The molecule has 2 aliphatic heterocycles. The van der Waals surface area contributed by atoms with Crippen molar-refractivity contribution < 1.29 is 9.31 Å². The summed E-state index contributed by atoms with van der Waals surface area (Å²) in [4.78, 5) is 4.55. The second-order valence-corrected chi connectivity index (χ2v) is 6.94. The van der Waals surface area contributed by atoms with Crippen LogP contribution in [-0.4, -0.2) is 44.2 Å². The normalized spacial score (nSPS) is 26.7. The highest BCUT2D eigenvalue weighted by molar-refractivity contribution is 6.60. The van der Waals surface area contributed by atoms with E-state index in [1.54, 1.807) is 0 Å². The Bertz CT molecular complexity index is 399. The van der Waals surface area contributed by atoms with Crippen LogP contribution >= 0.6 is 0 Å². The topological polar surface area (TPSA) is 68.9 Å². The van der Waals surface area contributed by atoms with Crippen LogP contribution in [0.2, 0.25) is 0 Å². The maximum atomic E-state index is 5.99. The van der Waals surface area contributed by atoms with E-state index in [2.05, 4.69) is 10.3 Å². The molecule has 118 valence electrons. The van der Waals surface area contributed by atoms with Crippen LogP contribution in [0.3, 0.4) is 0 Å². The summed E-state index contributed by atoms with van der Waals surface area (Å²) >= 11 is 0. The number of nitrogens with two attached hydrogens (primary N) is 1. The summed E-state index contributed by atoms with van der Waals surface area (Å²) < 4.78 is 12.0. The highest BCUT2D eigenvalue weighted by Gasteiger charge is 2.52. The van der Waals surface area contributed by atoms with E-state index in [0.717, 1.165) is 25.1 Å². The zero-order chi connectivity index (χ0) is 15.5. The molecule has 3 N–H and O–H groups in total. The Kier molecular flexibility index (Phi) is 5.12. The number of nitrogens with zero attached hydrogens (tertiary/aromatic N) is 1. The fraction of sp³-hybridized carbons (Fsp3) is 0.800. The summed E-state index contributed by atoms with van der Waals surface area (Å²) in [5, 5.41) is 3.36. The molecule has 0 atom stereocenters. The molecule has 0 aromatic carbocycles. The summed E-state index contributed by atoms with van der Waals surface area (Å²) in [5.41, 5.74) is 5.81. The minimum Gasteiger partial charge on any atom is -0.405 e. The summed E-state index contributed by atoms with van der Waals surface area (Å²) in [5.74, 6) is 0.667. The third-order valence-corrected chi connectivity index (χ3v) is 4.78. The molecule has 5 nitrogen and oxygen atoms in total. The molecule has 0 bridgehead atoms. The van der Waals surface area contributed by atoms with Gasteiger partial charge in [-0.2, -0.15) is 0 Å². The lowest BCUT2D eigenvalue weighted by atomic mass is 9.79. The predicted molar refractivity (Wildman–Crippen MR) is 87.3 cm³/mol. The second kappa shape index (κ2) is 6.50. The van der Waals surface area contributed by atoms with Crippen molar-refractivity contribution in [2.45, 2.75) is 51.7 Å². The Morgan fingerprint density at radius 2 is 1.81 bits per heavy atom. The van der Waals surface area contributed by atoms with Gasteiger partial charge in [0, 0.05) is 18.2 Å². The van der Waals surface area contributed by atoms with Gasteiger partial charge in [-0.25, -0.2) is 0 Å². The molecule has 21 heavy (non-hydrogen) atoms. The first-order chi connectivity index (χ1) is 9.86. The van der Waals surface area contributed by atoms with Gasteiger partial charge < -0.3 is 20.4 Å². The van der Waals surface area contributed by atoms with Gasteiger partial charge in [-0.15, -0.1) is 0 Å². The smallest absolute Gasteiger partial charge is 0.405 e. The van der Waals surface area contributed by atoms with Crippen molar-refractivity contribution in [2.24, 2.45) is 16.6 Å². The Balaban J connectivity index is 1.92. The predicted octanol–water partition coefficient (Wildman–Crippen LogP) is 1.53. The van der Waals surface area contributed by atoms with Gasteiger partial charge in [0.1, 0.15) is 0 Å². The van der Waals surface area contributed by atoms with Gasteiger partial charge in [0.15, 0.2) is 0 Å². The number of aliphatic imine (C=N–C) groups is 1. The van der Waals surface area contributed by atoms with Gasteiger partial charge in [0.05, 0.1) is 11.2 Å². The molecule has 0 amide bonds. The van der Waals surface area contributed by atoms with Crippen molar-refractivity contribution >= 4 is 13.3 Å². The number of piperidine rings is 1. The monoisotopic (exact) mass is 293 g/mol. The highest BCUT2D eigenvalue weighted by atomic mass is 16.7. The number of nitrogens with one attached hydrogen (secondary N) is 1. The third kappa shape index (κ3) is 3.87. The SMILES string of the molecule is CC1(C)OB(C(C=NCC2CCNCC2)=CN)OC1(C)C. The lowest BCUT2D eigenvalue weighted by Crippen LogP contribution is -2.41. The zero-order valence-corrected chi connectivity index (χ0v) is 13.7. The minimum absolute atomic E-state index is 0.352. The summed E-state index contributed by atoms with van der Waals surface area (Å²) in [6.07, 6.45) is 5.73. The average molecular weight is 293 g/mol. The van der Waals surface area contributed by atoms with Crippen LogP contribution < -0.4 is 11.1 Å². The van der Waals surface area contributed by atoms with Crippen molar-refractivity contribution in [1.29, 1.82) is 0 Å². The summed E-state index contributed by atoms with van der Waals surface area (Å²) in [6, 6.07) is 0. The summed E-state index contributed by atoms with van der Waals surface area (Å²) in [7, 11) is -0.434. The second-order valence-electron chi connectivity index (χ2n) is 6.94. The summed E-state index contributed by atoms with van der Waals surface area (Å²) in [6.45, 7) is 11.2. The van der Waals surface area contributed by atoms with E-state index in [1.807, 2.05) is 33.9 Å². The van der Waals surface area contributed by atoms with Crippen molar-refractivity contribution in [3.8, 4) is 0 Å². The molecular weight excluding hydrogens is 265 g/mol. The minimum atomic E-state index is -0.434. The lowest BCUT2D eigenvalue weighted by molar-refractivity contribution is 0.00578. The first kappa shape index (κ1) is 16.5. The van der Waals surface area contributed by atoms with E-state index in [4.69, 9.17) is 15.0 Å². The Labute approximate surface area is 128 Å². The van der Waals surface area contributed by atoms with Crippen LogP contribution in [0.4, 0.5) is 0 Å². The van der Waals surface area contributed by atoms with E-state index in [9.17, 15) is 0 Å². The van der Waals surface area contributed by atoms with E-state index in [0.29, 0.717) is 5.92 Å². The molecule has 0 spiro atoms. The third-order valence-electron chi connectivity index (χ3n) is 4.78. The van der Waals surface area contributed by atoms with E-state index >= 15 is 0 Å². The van der Waals surface area contributed by atoms with Gasteiger partial charge in [-0.05, 0) is 65.7 Å². The first-order valence-corrected chi connectivity index (χ1v) is 7.84. The fourth-order valence-electron chi connectivity index (χ4n) is 2.53. The van der Waals surface area contributed by atoms with Gasteiger partial charge in [0.25, 0.3) is 0 Å². The van der Waals surface area contributed by atoms with Gasteiger partial charge in [0.2, 0.25) is 0 Å². The molecule has 2 heterocycles. The molecule has 6 heteroatoms. The molecule has 0 aliphatic carbocycles. The maximum Gasteiger partial charge on any atom is 0.497 e. The Hall–Kier alpha value is -0.845. The Morgan fingerprint density at radius 3 is 2.33 bits per heavy atom. The molecule has 0 aromatic heterocycles. The molecule has 2 aliphatic rings.